The normalized spacial score (nSPS) is 11.1. The second-order valence-electron chi connectivity index (χ2n) is 7.21. The topological polar surface area (TPSA) is 45.8 Å². The summed E-state index contributed by atoms with van der Waals surface area (Å²) in [6.07, 6.45) is 0. The van der Waals surface area contributed by atoms with Crippen LogP contribution in [0.15, 0.2) is 83.0 Å². The molecule has 0 saturated heterocycles. The quantitative estimate of drug-likeness (QED) is 0.371. The van der Waals surface area contributed by atoms with Gasteiger partial charge < -0.3 is 4.98 Å². The third kappa shape index (κ3) is 3.44. The first-order valence-electron chi connectivity index (χ1n) is 9.53. The SMILES string of the molecule is Cc1ccc2[nH]c(=O)c(-c3cc(-c4ccc(F)cc4)nc(-c4cccs4)c3)cc2c1. The number of nitrogens with zero attached hydrogens (tertiary/aromatic N) is 1. The van der Waals surface area contributed by atoms with Crippen LogP contribution in [-0.4, -0.2) is 9.97 Å². The van der Waals surface area contributed by atoms with Gasteiger partial charge in [-0.2, -0.15) is 0 Å². The Labute approximate surface area is 176 Å². The highest BCUT2D eigenvalue weighted by Crippen LogP contribution is 2.31. The van der Waals surface area contributed by atoms with Crippen LogP contribution in [0.1, 0.15) is 5.56 Å². The van der Waals surface area contributed by atoms with Gasteiger partial charge in [0, 0.05) is 16.6 Å². The molecule has 0 fully saturated rings. The number of H-pyrrole nitrogens is 1. The summed E-state index contributed by atoms with van der Waals surface area (Å²) in [5.74, 6) is -0.297. The van der Waals surface area contributed by atoms with E-state index in [-0.39, 0.29) is 11.4 Å². The Kier molecular flexibility index (Phi) is 4.52. The molecule has 5 heteroatoms. The van der Waals surface area contributed by atoms with Crippen molar-refractivity contribution in [3.63, 3.8) is 0 Å². The molecular formula is C25H17FN2OS. The largest absolute Gasteiger partial charge is 0.321 e. The van der Waals surface area contributed by atoms with Gasteiger partial charge in [-0.15, -0.1) is 11.3 Å². The van der Waals surface area contributed by atoms with Crippen LogP contribution in [0.5, 0.6) is 0 Å². The smallest absolute Gasteiger partial charge is 0.256 e. The number of fused-ring (bicyclic) bond motifs is 1. The van der Waals surface area contributed by atoms with Crippen molar-refractivity contribution in [3.8, 4) is 33.0 Å². The Balaban J connectivity index is 1.75. The van der Waals surface area contributed by atoms with Gasteiger partial charge in [0.05, 0.1) is 16.3 Å². The molecule has 0 bridgehead atoms. The number of thiophene rings is 1. The van der Waals surface area contributed by atoms with Crippen molar-refractivity contribution in [2.24, 2.45) is 0 Å². The van der Waals surface area contributed by atoms with Crippen molar-refractivity contribution < 1.29 is 4.39 Å². The van der Waals surface area contributed by atoms with Crippen molar-refractivity contribution in [1.29, 1.82) is 0 Å². The van der Waals surface area contributed by atoms with Crippen LogP contribution in [0, 0.1) is 12.7 Å². The molecule has 3 heterocycles. The zero-order valence-corrected chi connectivity index (χ0v) is 17.0. The van der Waals surface area contributed by atoms with E-state index in [1.54, 1.807) is 23.5 Å². The van der Waals surface area contributed by atoms with E-state index in [1.807, 2.05) is 54.8 Å². The van der Waals surface area contributed by atoms with Gasteiger partial charge in [0.1, 0.15) is 5.82 Å². The Hall–Kier alpha value is -3.57. The lowest BCUT2D eigenvalue weighted by atomic mass is 10.0. The summed E-state index contributed by atoms with van der Waals surface area (Å²) in [5.41, 5.74) is 5.41. The van der Waals surface area contributed by atoms with E-state index in [0.29, 0.717) is 11.3 Å². The fourth-order valence-corrected chi connectivity index (χ4v) is 4.23. The first-order chi connectivity index (χ1) is 14.6. The molecule has 0 atom stereocenters. The predicted molar refractivity (Wildman–Crippen MR) is 121 cm³/mol. The average molecular weight is 412 g/mol. The van der Waals surface area contributed by atoms with Crippen molar-refractivity contribution in [2.75, 3.05) is 0 Å². The molecule has 146 valence electrons. The van der Waals surface area contributed by atoms with Gasteiger partial charge in [0.25, 0.3) is 5.56 Å². The highest BCUT2D eigenvalue weighted by molar-refractivity contribution is 7.13. The van der Waals surface area contributed by atoms with Crippen molar-refractivity contribution in [2.45, 2.75) is 6.92 Å². The van der Waals surface area contributed by atoms with Gasteiger partial charge >= 0.3 is 0 Å². The van der Waals surface area contributed by atoms with Gasteiger partial charge in [0.15, 0.2) is 0 Å². The number of pyridine rings is 2. The molecule has 5 rings (SSSR count). The second-order valence-corrected chi connectivity index (χ2v) is 8.16. The predicted octanol–water partition coefficient (Wildman–Crippen LogP) is 6.43. The third-order valence-electron chi connectivity index (χ3n) is 5.05. The molecule has 3 nitrogen and oxygen atoms in total. The van der Waals surface area contributed by atoms with Gasteiger partial charge in [-0.25, -0.2) is 9.37 Å². The minimum Gasteiger partial charge on any atom is -0.321 e. The van der Waals surface area contributed by atoms with Gasteiger partial charge in [-0.1, -0.05) is 17.7 Å². The Morgan fingerprint density at radius 2 is 1.70 bits per heavy atom. The Morgan fingerprint density at radius 3 is 2.47 bits per heavy atom. The van der Waals surface area contributed by atoms with Crippen LogP contribution in [0.4, 0.5) is 4.39 Å². The van der Waals surface area contributed by atoms with Crippen molar-refractivity contribution >= 4 is 22.2 Å². The molecule has 0 unspecified atom stereocenters. The molecule has 5 aromatic rings. The molecule has 0 saturated carbocycles. The van der Waals surface area contributed by atoms with Crippen LogP contribution in [-0.2, 0) is 0 Å². The van der Waals surface area contributed by atoms with E-state index >= 15 is 0 Å². The summed E-state index contributed by atoms with van der Waals surface area (Å²) in [6, 6.07) is 21.9. The fourth-order valence-electron chi connectivity index (χ4n) is 3.55. The summed E-state index contributed by atoms with van der Waals surface area (Å²) >= 11 is 1.59. The number of benzene rings is 2. The first kappa shape index (κ1) is 18.5. The maximum atomic E-state index is 13.4. The van der Waals surface area contributed by atoms with Crippen LogP contribution in [0.2, 0.25) is 0 Å². The van der Waals surface area contributed by atoms with E-state index in [4.69, 9.17) is 4.98 Å². The van der Waals surface area contributed by atoms with E-state index in [1.165, 1.54) is 12.1 Å². The van der Waals surface area contributed by atoms with Crippen molar-refractivity contribution in [3.05, 3.63) is 99.9 Å². The number of hydrogen-bond acceptors (Lipinski definition) is 3. The van der Waals surface area contributed by atoms with Gasteiger partial charge in [0.2, 0.25) is 0 Å². The number of hydrogen-bond donors (Lipinski definition) is 1. The van der Waals surface area contributed by atoms with Crippen molar-refractivity contribution in [1.82, 2.24) is 9.97 Å². The van der Waals surface area contributed by atoms with Crippen LogP contribution in [0.3, 0.4) is 0 Å². The molecule has 0 aliphatic heterocycles. The molecule has 2 aromatic carbocycles. The lowest BCUT2D eigenvalue weighted by molar-refractivity contribution is 0.628. The summed E-state index contributed by atoms with van der Waals surface area (Å²) in [7, 11) is 0. The van der Waals surface area contributed by atoms with Crippen LogP contribution >= 0.6 is 11.3 Å². The summed E-state index contributed by atoms with van der Waals surface area (Å²) < 4.78 is 13.4. The molecule has 0 spiro atoms. The standard InChI is InChI=1S/C25H17FN2OS/c1-15-4-9-21-18(11-15)12-20(25(29)28-21)17-13-22(16-5-7-19(26)8-6-16)27-23(14-17)24-3-2-10-30-24/h2-14H,1H3,(H,28,29). The number of nitrogens with one attached hydrogen (secondary N) is 1. The lowest BCUT2D eigenvalue weighted by Crippen LogP contribution is -2.09. The number of aromatic amines is 1. The minimum absolute atomic E-state index is 0.153. The zero-order valence-electron chi connectivity index (χ0n) is 16.1. The molecule has 0 radical (unpaired) electrons. The highest BCUT2D eigenvalue weighted by Gasteiger charge is 2.13. The molecule has 30 heavy (non-hydrogen) atoms. The Morgan fingerprint density at radius 1 is 0.900 bits per heavy atom. The number of halogens is 1. The lowest BCUT2D eigenvalue weighted by Gasteiger charge is -2.10. The number of aromatic nitrogens is 2. The summed E-state index contributed by atoms with van der Waals surface area (Å²) in [6.45, 7) is 2.03. The zero-order chi connectivity index (χ0) is 20.7. The average Bonchev–Trinajstić information content (AvgIpc) is 3.29. The van der Waals surface area contributed by atoms with E-state index < -0.39 is 0 Å². The maximum absolute atomic E-state index is 13.4. The van der Waals surface area contributed by atoms with E-state index in [9.17, 15) is 9.18 Å². The second kappa shape index (κ2) is 7.35. The van der Waals surface area contributed by atoms with Crippen LogP contribution < -0.4 is 5.56 Å². The fraction of sp³-hybridized carbons (Fsp3) is 0.0400. The molecule has 3 aromatic heterocycles. The molecule has 1 N–H and O–H groups in total. The molecule has 0 aliphatic carbocycles. The summed E-state index contributed by atoms with van der Waals surface area (Å²) in [4.78, 5) is 21.7. The molecule has 0 aliphatic rings. The van der Waals surface area contributed by atoms with Crippen LogP contribution in [0.25, 0.3) is 43.9 Å². The monoisotopic (exact) mass is 412 g/mol. The number of aryl methyl sites for hydroxylation is 1. The number of rotatable bonds is 3. The minimum atomic E-state index is -0.297. The molecular weight excluding hydrogens is 395 g/mol. The van der Waals surface area contributed by atoms with Gasteiger partial charge in [-0.05, 0) is 83.9 Å². The highest BCUT2D eigenvalue weighted by atomic mass is 32.1. The van der Waals surface area contributed by atoms with E-state index in [0.717, 1.165) is 38.2 Å². The van der Waals surface area contributed by atoms with E-state index in [2.05, 4.69) is 11.1 Å². The van der Waals surface area contributed by atoms with Gasteiger partial charge in [-0.3, -0.25) is 4.79 Å². The first-order valence-corrected chi connectivity index (χ1v) is 10.4. The maximum Gasteiger partial charge on any atom is 0.256 e. The Bertz CT molecular complexity index is 1420. The molecule has 0 amide bonds. The summed E-state index contributed by atoms with van der Waals surface area (Å²) in [5, 5.41) is 2.97. The third-order valence-corrected chi connectivity index (χ3v) is 5.94.